The van der Waals surface area contributed by atoms with Gasteiger partial charge in [0.05, 0.1) is 18.2 Å². The second kappa shape index (κ2) is 8.03. The van der Waals surface area contributed by atoms with E-state index < -0.39 is 11.9 Å². The van der Waals surface area contributed by atoms with Crippen molar-refractivity contribution in [3.05, 3.63) is 59.2 Å². The van der Waals surface area contributed by atoms with Crippen LogP contribution in [0.25, 0.3) is 0 Å². The van der Waals surface area contributed by atoms with Crippen LogP contribution >= 0.6 is 0 Å². The summed E-state index contributed by atoms with van der Waals surface area (Å²) in [5.41, 5.74) is 2.78. The van der Waals surface area contributed by atoms with Crippen LogP contribution < -0.4 is 10.2 Å². The number of piperidine rings is 1. The molecule has 1 N–H and O–H groups in total. The highest BCUT2D eigenvalue weighted by Gasteiger charge is 2.22. The van der Waals surface area contributed by atoms with Gasteiger partial charge in [0.2, 0.25) is 5.91 Å². The maximum atomic E-state index is 12.7. The number of rotatable bonds is 4. The van der Waals surface area contributed by atoms with Crippen molar-refractivity contribution in [2.45, 2.75) is 26.2 Å². The molecule has 0 bridgehead atoms. The van der Waals surface area contributed by atoms with Crippen LogP contribution in [0.1, 0.15) is 45.5 Å². The zero-order valence-corrected chi connectivity index (χ0v) is 15.5. The van der Waals surface area contributed by atoms with Gasteiger partial charge in [-0.2, -0.15) is 0 Å². The average Bonchev–Trinajstić information content (AvgIpc) is 2.69. The van der Waals surface area contributed by atoms with E-state index in [1.54, 1.807) is 41.3 Å². The Morgan fingerprint density at radius 3 is 2.52 bits per heavy atom. The molecule has 0 radical (unpaired) electrons. The monoisotopic (exact) mass is 366 g/mol. The summed E-state index contributed by atoms with van der Waals surface area (Å²) in [6.45, 7) is 2.62. The van der Waals surface area contributed by atoms with Gasteiger partial charge in [0.25, 0.3) is 5.91 Å². The summed E-state index contributed by atoms with van der Waals surface area (Å²) in [4.78, 5) is 38.6. The first kappa shape index (κ1) is 18.6. The molecule has 1 saturated heterocycles. The van der Waals surface area contributed by atoms with Crippen LogP contribution in [-0.4, -0.2) is 31.4 Å². The van der Waals surface area contributed by atoms with E-state index in [1.165, 1.54) is 7.11 Å². The molecule has 0 aromatic heterocycles. The molecule has 0 unspecified atom stereocenters. The summed E-state index contributed by atoms with van der Waals surface area (Å²) in [5.74, 6) is -0.871. The smallest absolute Gasteiger partial charge is 0.338 e. The highest BCUT2D eigenvalue weighted by molar-refractivity contribution is 6.11. The van der Waals surface area contributed by atoms with Crippen molar-refractivity contribution in [1.29, 1.82) is 0 Å². The molecule has 6 nitrogen and oxygen atoms in total. The summed E-state index contributed by atoms with van der Waals surface area (Å²) < 4.78 is 4.74. The third-order valence-corrected chi connectivity index (χ3v) is 4.66. The van der Waals surface area contributed by atoms with Crippen molar-refractivity contribution in [1.82, 2.24) is 0 Å². The zero-order chi connectivity index (χ0) is 19.4. The Bertz CT molecular complexity index is 892. The minimum absolute atomic E-state index is 0.101. The second-order valence-electron chi connectivity index (χ2n) is 6.50. The number of nitrogens with zero attached hydrogens (tertiary/aromatic N) is 1. The van der Waals surface area contributed by atoms with Gasteiger partial charge in [-0.15, -0.1) is 0 Å². The third kappa shape index (κ3) is 4.00. The van der Waals surface area contributed by atoms with E-state index in [-0.39, 0.29) is 17.0 Å². The fourth-order valence-electron chi connectivity index (χ4n) is 3.21. The minimum atomic E-state index is -0.566. The normalized spacial score (nSPS) is 14.0. The molecule has 27 heavy (non-hydrogen) atoms. The van der Waals surface area contributed by atoms with Crippen LogP contribution in [0.15, 0.2) is 42.5 Å². The summed E-state index contributed by atoms with van der Waals surface area (Å²) in [6.07, 6.45) is 2.42. The standard InChI is InChI=1S/C21H22N2O4/c1-14-10-11-15(13-18(14)23-12-6-5-9-19(23)24)22-20(25)16-7-3-4-8-17(16)21(26)27-2/h3-4,7-8,10-11,13H,5-6,9,12H2,1-2H3,(H,22,25). The molecule has 6 heteroatoms. The van der Waals surface area contributed by atoms with Crippen molar-refractivity contribution in [2.24, 2.45) is 0 Å². The lowest BCUT2D eigenvalue weighted by atomic mass is 10.1. The van der Waals surface area contributed by atoms with Gasteiger partial charge in [-0.1, -0.05) is 18.2 Å². The Labute approximate surface area is 158 Å². The number of carbonyl (C=O) groups excluding carboxylic acids is 3. The van der Waals surface area contributed by atoms with E-state index in [0.29, 0.717) is 18.7 Å². The van der Waals surface area contributed by atoms with Crippen LogP contribution in [0.4, 0.5) is 11.4 Å². The van der Waals surface area contributed by atoms with Gasteiger partial charge in [0.1, 0.15) is 0 Å². The number of hydrogen-bond donors (Lipinski definition) is 1. The third-order valence-electron chi connectivity index (χ3n) is 4.66. The van der Waals surface area contributed by atoms with E-state index in [1.807, 2.05) is 13.0 Å². The van der Waals surface area contributed by atoms with E-state index >= 15 is 0 Å². The number of aryl methyl sites for hydroxylation is 1. The highest BCUT2D eigenvalue weighted by atomic mass is 16.5. The van der Waals surface area contributed by atoms with Crippen LogP contribution in [0, 0.1) is 6.92 Å². The maximum absolute atomic E-state index is 12.7. The Morgan fingerprint density at radius 2 is 1.81 bits per heavy atom. The van der Waals surface area contributed by atoms with Crippen LogP contribution in [0.3, 0.4) is 0 Å². The molecule has 1 aliphatic heterocycles. The van der Waals surface area contributed by atoms with Gasteiger partial charge >= 0.3 is 5.97 Å². The van der Waals surface area contributed by atoms with Crippen molar-refractivity contribution in [3.8, 4) is 0 Å². The predicted molar refractivity (Wildman–Crippen MR) is 103 cm³/mol. The number of amides is 2. The lowest BCUT2D eigenvalue weighted by Gasteiger charge is -2.28. The summed E-state index contributed by atoms with van der Waals surface area (Å²) >= 11 is 0. The first-order valence-electron chi connectivity index (χ1n) is 8.91. The predicted octanol–water partition coefficient (Wildman–Crippen LogP) is 3.55. The molecule has 0 atom stereocenters. The van der Waals surface area contributed by atoms with E-state index in [4.69, 9.17) is 4.74 Å². The number of nitrogens with one attached hydrogen (secondary N) is 1. The Morgan fingerprint density at radius 1 is 1.07 bits per heavy atom. The first-order valence-corrected chi connectivity index (χ1v) is 8.91. The Hall–Kier alpha value is -3.15. The lowest BCUT2D eigenvalue weighted by Crippen LogP contribution is -2.35. The first-order chi connectivity index (χ1) is 13.0. The summed E-state index contributed by atoms with van der Waals surface area (Å²) in [5, 5.41) is 2.81. The fraction of sp³-hybridized carbons (Fsp3) is 0.286. The largest absolute Gasteiger partial charge is 0.465 e. The van der Waals surface area contributed by atoms with Crippen LogP contribution in [0.5, 0.6) is 0 Å². The number of hydrogen-bond acceptors (Lipinski definition) is 4. The fourth-order valence-corrected chi connectivity index (χ4v) is 3.21. The van der Waals surface area contributed by atoms with Crippen molar-refractivity contribution in [3.63, 3.8) is 0 Å². The topological polar surface area (TPSA) is 75.7 Å². The SMILES string of the molecule is COC(=O)c1ccccc1C(=O)Nc1ccc(C)c(N2CCCCC2=O)c1. The zero-order valence-electron chi connectivity index (χ0n) is 15.5. The van der Waals surface area contributed by atoms with Gasteiger partial charge in [-0.3, -0.25) is 9.59 Å². The lowest BCUT2D eigenvalue weighted by molar-refractivity contribution is -0.119. The van der Waals surface area contributed by atoms with Crippen LogP contribution in [0.2, 0.25) is 0 Å². The minimum Gasteiger partial charge on any atom is -0.465 e. The molecule has 0 spiro atoms. The molecule has 0 aliphatic carbocycles. The number of carbonyl (C=O) groups is 3. The van der Waals surface area contributed by atoms with E-state index in [0.717, 1.165) is 24.1 Å². The quantitative estimate of drug-likeness (QED) is 0.840. The number of ether oxygens (including phenoxy) is 1. The Balaban J connectivity index is 1.86. The molecule has 1 heterocycles. The summed E-state index contributed by atoms with van der Waals surface area (Å²) in [6, 6.07) is 11.9. The molecular weight excluding hydrogens is 344 g/mol. The molecule has 1 fully saturated rings. The molecule has 2 amide bonds. The van der Waals surface area contributed by atoms with Gasteiger partial charge in [-0.05, 0) is 49.6 Å². The van der Waals surface area contributed by atoms with Gasteiger partial charge < -0.3 is 15.0 Å². The molecule has 3 rings (SSSR count). The van der Waals surface area contributed by atoms with Crippen molar-refractivity contribution >= 4 is 29.2 Å². The molecule has 2 aromatic rings. The van der Waals surface area contributed by atoms with Gasteiger partial charge in [-0.25, -0.2) is 4.79 Å². The number of methoxy groups -OCH3 is 1. The second-order valence-corrected chi connectivity index (χ2v) is 6.50. The van der Waals surface area contributed by atoms with Crippen molar-refractivity contribution in [2.75, 3.05) is 23.9 Å². The van der Waals surface area contributed by atoms with Gasteiger partial charge in [0.15, 0.2) is 0 Å². The maximum Gasteiger partial charge on any atom is 0.338 e. The van der Waals surface area contributed by atoms with E-state index in [2.05, 4.69) is 5.32 Å². The van der Waals surface area contributed by atoms with Crippen molar-refractivity contribution < 1.29 is 19.1 Å². The summed E-state index contributed by atoms with van der Waals surface area (Å²) in [7, 11) is 1.28. The highest BCUT2D eigenvalue weighted by Crippen LogP contribution is 2.28. The van der Waals surface area contributed by atoms with Crippen LogP contribution in [-0.2, 0) is 9.53 Å². The molecule has 0 saturated carbocycles. The Kier molecular flexibility index (Phi) is 5.54. The average molecular weight is 366 g/mol. The molecule has 140 valence electrons. The molecule has 2 aromatic carbocycles. The van der Waals surface area contributed by atoms with E-state index in [9.17, 15) is 14.4 Å². The molecule has 1 aliphatic rings. The number of anilines is 2. The number of benzene rings is 2. The number of esters is 1. The van der Waals surface area contributed by atoms with Gasteiger partial charge in [0, 0.05) is 24.3 Å². The molecular formula is C21H22N2O4.